The molecule has 1 aliphatic heterocycles. The van der Waals surface area contributed by atoms with Crippen LogP contribution in [0.2, 0.25) is 0 Å². The minimum atomic E-state index is -3.66. The van der Waals surface area contributed by atoms with Crippen LogP contribution in [0, 0.1) is 20.8 Å². The Kier molecular flexibility index (Phi) is 5.31. The summed E-state index contributed by atoms with van der Waals surface area (Å²) in [6.45, 7) is 6.42. The molecule has 0 aliphatic carbocycles. The fourth-order valence-corrected chi connectivity index (χ4v) is 5.46. The van der Waals surface area contributed by atoms with Gasteiger partial charge < -0.3 is 9.42 Å². The van der Waals surface area contributed by atoms with E-state index in [4.69, 9.17) is 4.52 Å². The monoisotopic (exact) mass is 395 g/mol. The van der Waals surface area contributed by atoms with Crippen molar-refractivity contribution in [1.82, 2.24) is 14.4 Å². The van der Waals surface area contributed by atoms with Crippen molar-refractivity contribution in [3.8, 4) is 0 Å². The van der Waals surface area contributed by atoms with Crippen molar-refractivity contribution < 1.29 is 17.7 Å². The van der Waals surface area contributed by atoms with Gasteiger partial charge in [0.15, 0.2) is 5.76 Å². The van der Waals surface area contributed by atoms with Crippen LogP contribution in [0.3, 0.4) is 0 Å². The molecule has 7 nitrogen and oxygen atoms in total. The summed E-state index contributed by atoms with van der Waals surface area (Å²) >= 11 is 1.58. The van der Waals surface area contributed by atoms with Crippen molar-refractivity contribution in [2.45, 2.75) is 25.7 Å². The maximum absolute atomic E-state index is 12.8. The van der Waals surface area contributed by atoms with Gasteiger partial charge in [-0.25, -0.2) is 8.42 Å². The minimum absolute atomic E-state index is 0.104. The van der Waals surface area contributed by atoms with Gasteiger partial charge >= 0.3 is 0 Å². The molecule has 0 N–H and O–H groups in total. The van der Waals surface area contributed by atoms with Gasteiger partial charge in [0.1, 0.15) is 10.6 Å². The second kappa shape index (κ2) is 7.34. The number of thiophene rings is 1. The Labute approximate surface area is 156 Å². The van der Waals surface area contributed by atoms with Gasteiger partial charge in [-0.2, -0.15) is 4.31 Å². The Bertz CT molecular complexity index is 916. The van der Waals surface area contributed by atoms with Crippen molar-refractivity contribution in [2.75, 3.05) is 26.2 Å². The highest BCUT2D eigenvalue weighted by Gasteiger charge is 2.33. The summed E-state index contributed by atoms with van der Waals surface area (Å²) in [5, 5.41) is 5.71. The molecule has 1 aliphatic rings. The SMILES string of the molecule is Cc1ccsc1C=CC(=O)N1CCN(S(=O)(=O)c2c(C)noc2C)CC1. The van der Waals surface area contributed by atoms with Crippen molar-refractivity contribution in [2.24, 2.45) is 0 Å². The number of carbonyl (C=O) groups is 1. The molecular weight excluding hydrogens is 374 g/mol. The third-order valence-electron chi connectivity index (χ3n) is 4.40. The highest BCUT2D eigenvalue weighted by molar-refractivity contribution is 7.89. The molecule has 0 bridgehead atoms. The lowest BCUT2D eigenvalue weighted by Gasteiger charge is -2.33. The van der Waals surface area contributed by atoms with Crippen molar-refractivity contribution >= 4 is 33.3 Å². The Balaban J connectivity index is 1.65. The Morgan fingerprint density at radius 3 is 2.46 bits per heavy atom. The first-order valence-electron chi connectivity index (χ1n) is 8.25. The summed E-state index contributed by atoms with van der Waals surface area (Å²) in [5.41, 5.74) is 1.49. The molecule has 0 spiro atoms. The molecule has 1 fully saturated rings. The molecule has 9 heteroatoms. The summed E-state index contributed by atoms with van der Waals surface area (Å²) < 4.78 is 32.0. The molecule has 2 aromatic rings. The normalized spacial score (nSPS) is 16.5. The van der Waals surface area contributed by atoms with Crippen molar-refractivity contribution in [3.63, 3.8) is 0 Å². The molecule has 26 heavy (non-hydrogen) atoms. The lowest BCUT2D eigenvalue weighted by atomic mass is 10.2. The smallest absolute Gasteiger partial charge is 0.248 e. The molecular formula is C17H21N3O4S2. The van der Waals surface area contributed by atoms with E-state index in [9.17, 15) is 13.2 Å². The van der Waals surface area contributed by atoms with Gasteiger partial charge in [-0.1, -0.05) is 5.16 Å². The highest BCUT2D eigenvalue weighted by Crippen LogP contribution is 2.24. The zero-order valence-electron chi connectivity index (χ0n) is 14.9. The molecule has 3 rings (SSSR count). The van der Waals surface area contributed by atoms with Crippen LogP contribution in [0.25, 0.3) is 6.08 Å². The van der Waals surface area contributed by atoms with Crippen molar-refractivity contribution in [1.29, 1.82) is 0 Å². The van der Waals surface area contributed by atoms with E-state index in [2.05, 4.69) is 5.16 Å². The Hall–Kier alpha value is -1.97. The third kappa shape index (κ3) is 3.60. The van der Waals surface area contributed by atoms with Gasteiger partial charge in [0.2, 0.25) is 15.9 Å². The summed E-state index contributed by atoms with van der Waals surface area (Å²) in [6, 6.07) is 2.01. The van der Waals surface area contributed by atoms with Gasteiger partial charge in [0, 0.05) is 37.1 Å². The Morgan fingerprint density at radius 1 is 1.23 bits per heavy atom. The topological polar surface area (TPSA) is 83.7 Å². The molecule has 1 amide bonds. The second-order valence-electron chi connectivity index (χ2n) is 6.18. The van der Waals surface area contributed by atoms with Crippen molar-refractivity contribution in [3.05, 3.63) is 39.4 Å². The highest BCUT2D eigenvalue weighted by atomic mass is 32.2. The Morgan fingerprint density at radius 2 is 1.92 bits per heavy atom. The number of hydrogen-bond donors (Lipinski definition) is 0. The van der Waals surface area contributed by atoms with Crippen LogP contribution in [0.5, 0.6) is 0 Å². The maximum atomic E-state index is 12.8. The number of aromatic nitrogens is 1. The van der Waals surface area contributed by atoms with Gasteiger partial charge in [-0.05, 0) is 43.9 Å². The predicted molar refractivity (Wildman–Crippen MR) is 99.4 cm³/mol. The van der Waals surface area contributed by atoms with Crippen LogP contribution in [0.4, 0.5) is 0 Å². The van der Waals surface area contributed by atoms with Crippen LogP contribution in [0.1, 0.15) is 21.9 Å². The number of aryl methyl sites for hydroxylation is 3. The standard InChI is InChI=1S/C17H21N3O4S2/c1-12-6-11-25-15(12)4-5-16(21)19-7-9-20(10-8-19)26(22,23)17-13(2)18-24-14(17)3/h4-6,11H,7-10H2,1-3H3. The van der Waals surface area contributed by atoms with E-state index in [1.54, 1.807) is 36.2 Å². The third-order valence-corrected chi connectivity index (χ3v) is 7.52. The van der Waals surface area contributed by atoms with Gasteiger partial charge in [-0.3, -0.25) is 4.79 Å². The first-order valence-corrected chi connectivity index (χ1v) is 10.6. The fraction of sp³-hybridized carbons (Fsp3) is 0.412. The van der Waals surface area contributed by atoms with Crippen LogP contribution < -0.4 is 0 Å². The predicted octanol–water partition coefficient (Wildman–Crippen LogP) is 2.21. The molecule has 0 atom stereocenters. The minimum Gasteiger partial charge on any atom is -0.360 e. The van der Waals surface area contributed by atoms with E-state index in [1.165, 1.54) is 4.31 Å². The number of sulfonamides is 1. The average molecular weight is 396 g/mol. The number of amides is 1. The number of hydrogen-bond acceptors (Lipinski definition) is 6. The number of piperazine rings is 1. The lowest BCUT2D eigenvalue weighted by Crippen LogP contribution is -2.50. The van der Waals surface area contributed by atoms with E-state index < -0.39 is 10.0 Å². The number of nitrogens with zero attached hydrogens (tertiary/aromatic N) is 3. The van der Waals surface area contributed by atoms with Crippen LogP contribution in [0.15, 0.2) is 26.9 Å². The van der Waals surface area contributed by atoms with Crippen LogP contribution in [-0.2, 0) is 14.8 Å². The molecule has 0 saturated carbocycles. The molecule has 0 unspecified atom stereocenters. The van der Waals surface area contributed by atoms with E-state index in [-0.39, 0.29) is 29.7 Å². The summed E-state index contributed by atoms with van der Waals surface area (Å²) in [7, 11) is -3.66. The average Bonchev–Trinajstić information content (AvgIpc) is 3.18. The van der Waals surface area contributed by atoms with Gasteiger partial charge in [0.05, 0.1) is 0 Å². The number of rotatable bonds is 4. The van der Waals surface area contributed by atoms with Gasteiger partial charge in [-0.15, -0.1) is 11.3 Å². The molecule has 0 radical (unpaired) electrons. The van der Waals surface area contributed by atoms with E-state index in [1.807, 2.05) is 24.4 Å². The zero-order valence-corrected chi connectivity index (χ0v) is 16.6. The molecule has 140 valence electrons. The first kappa shape index (κ1) is 18.8. The zero-order chi connectivity index (χ0) is 18.9. The summed E-state index contributed by atoms with van der Waals surface area (Å²) in [6.07, 6.45) is 3.37. The molecule has 3 heterocycles. The van der Waals surface area contributed by atoms with E-state index in [0.717, 1.165) is 10.4 Å². The molecule has 2 aromatic heterocycles. The van der Waals surface area contributed by atoms with Crippen LogP contribution in [-0.4, -0.2) is 54.9 Å². The first-order chi connectivity index (χ1) is 12.3. The van der Waals surface area contributed by atoms with E-state index in [0.29, 0.717) is 18.8 Å². The summed E-state index contributed by atoms with van der Waals surface area (Å²) in [5.74, 6) is 0.183. The van der Waals surface area contributed by atoms with Gasteiger partial charge in [0.25, 0.3) is 0 Å². The van der Waals surface area contributed by atoms with E-state index >= 15 is 0 Å². The fourth-order valence-electron chi connectivity index (χ4n) is 2.93. The molecule has 1 saturated heterocycles. The summed E-state index contributed by atoms with van der Waals surface area (Å²) in [4.78, 5) is 15.2. The lowest BCUT2D eigenvalue weighted by molar-refractivity contribution is -0.127. The van der Waals surface area contributed by atoms with Crippen LogP contribution >= 0.6 is 11.3 Å². The number of carbonyl (C=O) groups excluding carboxylic acids is 1. The maximum Gasteiger partial charge on any atom is 0.248 e. The second-order valence-corrected chi connectivity index (χ2v) is 9.01. The molecule has 0 aromatic carbocycles. The largest absolute Gasteiger partial charge is 0.360 e. The quantitative estimate of drug-likeness (QED) is 0.741.